The van der Waals surface area contributed by atoms with Gasteiger partial charge in [0.05, 0.1) is 8.95 Å². The fourth-order valence-electron chi connectivity index (χ4n) is 3.17. The van der Waals surface area contributed by atoms with Gasteiger partial charge in [-0.15, -0.1) is 0 Å². The first-order valence-corrected chi connectivity index (χ1v) is 11.3. The summed E-state index contributed by atoms with van der Waals surface area (Å²) in [4.78, 5) is 0. The molecule has 0 aromatic heterocycles. The lowest BCUT2D eigenvalue weighted by atomic mass is 9.74. The minimum atomic E-state index is -0.264. The van der Waals surface area contributed by atoms with E-state index in [9.17, 15) is 8.78 Å². The van der Waals surface area contributed by atoms with E-state index in [1.807, 2.05) is 38.1 Å². The molecule has 0 N–H and O–H groups in total. The first kappa shape index (κ1) is 25.8. The molecule has 4 heteroatoms. The molecule has 0 bridgehead atoms. The third-order valence-corrected chi connectivity index (χ3v) is 5.54. The molecular weight excluding hydrogens is 498 g/mol. The standard InChI is InChI=1S/C23H24Br2F2.C2H6/c1-22(2,11-9-16-5-7-18(24)20(26)13-16)15-23(3,4)12-10-17-6-8-19(25)21(27)14-17;1-2/h5-14H,15H2,1-4H3;1-2H3/b11-9+,12-10+;. The van der Waals surface area contributed by atoms with Gasteiger partial charge in [0, 0.05) is 0 Å². The number of rotatable bonds is 6. The van der Waals surface area contributed by atoms with Crippen LogP contribution in [0.25, 0.3) is 12.2 Å². The highest BCUT2D eigenvalue weighted by Crippen LogP contribution is 2.37. The van der Waals surface area contributed by atoms with Gasteiger partial charge in [-0.2, -0.15) is 0 Å². The Morgan fingerprint density at radius 1 is 0.724 bits per heavy atom. The molecule has 0 aliphatic rings. The SMILES string of the molecule is CC.CC(C)(/C=C/c1ccc(Br)c(F)c1)CC(C)(C)/C=C/c1ccc(Br)c(F)c1. The molecule has 2 aromatic rings. The second kappa shape index (κ2) is 11.2. The zero-order valence-electron chi connectivity index (χ0n) is 18.0. The smallest absolute Gasteiger partial charge is 0.137 e. The Morgan fingerprint density at radius 3 is 1.38 bits per heavy atom. The molecule has 0 nitrogen and oxygen atoms in total. The Balaban J connectivity index is 0.00000204. The normalized spacial score (nSPS) is 12.3. The summed E-state index contributed by atoms with van der Waals surface area (Å²) < 4.78 is 28.3. The Bertz CT molecular complexity index is 794. The zero-order valence-corrected chi connectivity index (χ0v) is 21.2. The maximum atomic E-state index is 13.7. The molecule has 0 amide bonds. The summed E-state index contributed by atoms with van der Waals surface area (Å²) in [7, 11) is 0. The van der Waals surface area contributed by atoms with Gasteiger partial charge in [0.1, 0.15) is 11.6 Å². The largest absolute Gasteiger partial charge is 0.206 e. The van der Waals surface area contributed by atoms with Crippen molar-refractivity contribution in [1.82, 2.24) is 0 Å². The maximum absolute atomic E-state index is 13.7. The van der Waals surface area contributed by atoms with Gasteiger partial charge in [-0.05, 0) is 84.5 Å². The number of allylic oxidation sites excluding steroid dienone is 2. The Kier molecular flexibility index (Phi) is 9.97. The van der Waals surface area contributed by atoms with E-state index in [0.717, 1.165) is 17.5 Å². The first-order chi connectivity index (χ1) is 13.5. The van der Waals surface area contributed by atoms with Gasteiger partial charge in [0.2, 0.25) is 0 Å². The Hall–Kier alpha value is -1.26. The van der Waals surface area contributed by atoms with Crippen LogP contribution in [0.5, 0.6) is 0 Å². The van der Waals surface area contributed by atoms with Crippen molar-refractivity contribution in [3.8, 4) is 0 Å². The highest BCUT2D eigenvalue weighted by molar-refractivity contribution is 9.10. The quantitative estimate of drug-likeness (QED) is 0.350. The summed E-state index contributed by atoms with van der Waals surface area (Å²) >= 11 is 6.34. The summed E-state index contributed by atoms with van der Waals surface area (Å²) in [6.45, 7) is 12.6. The van der Waals surface area contributed by atoms with E-state index in [2.05, 4.69) is 71.7 Å². The summed E-state index contributed by atoms with van der Waals surface area (Å²) in [6, 6.07) is 10.2. The molecule has 29 heavy (non-hydrogen) atoms. The van der Waals surface area contributed by atoms with Crippen LogP contribution in [0.3, 0.4) is 0 Å². The van der Waals surface area contributed by atoms with Crippen LogP contribution < -0.4 is 0 Å². The maximum Gasteiger partial charge on any atom is 0.137 e. The molecule has 0 fully saturated rings. The Morgan fingerprint density at radius 2 is 1.07 bits per heavy atom. The van der Waals surface area contributed by atoms with Crippen molar-refractivity contribution in [3.63, 3.8) is 0 Å². The highest BCUT2D eigenvalue weighted by Gasteiger charge is 2.24. The molecule has 0 atom stereocenters. The molecule has 0 radical (unpaired) electrons. The topological polar surface area (TPSA) is 0 Å². The first-order valence-electron chi connectivity index (χ1n) is 9.76. The summed E-state index contributed by atoms with van der Waals surface area (Å²) in [5, 5.41) is 0. The van der Waals surface area contributed by atoms with Crippen LogP contribution in [0.1, 0.15) is 59.1 Å². The van der Waals surface area contributed by atoms with Crippen molar-refractivity contribution in [2.24, 2.45) is 10.8 Å². The third-order valence-electron chi connectivity index (χ3n) is 4.25. The fourth-order valence-corrected chi connectivity index (χ4v) is 3.66. The van der Waals surface area contributed by atoms with Crippen molar-refractivity contribution < 1.29 is 8.78 Å². The predicted molar refractivity (Wildman–Crippen MR) is 130 cm³/mol. The molecule has 0 saturated heterocycles. The van der Waals surface area contributed by atoms with Gasteiger partial charge < -0.3 is 0 Å². The minimum absolute atomic E-state index is 0.0810. The minimum Gasteiger partial charge on any atom is -0.206 e. The van der Waals surface area contributed by atoms with Gasteiger partial charge in [0.15, 0.2) is 0 Å². The van der Waals surface area contributed by atoms with Crippen molar-refractivity contribution in [3.05, 3.63) is 80.3 Å². The summed E-state index contributed by atoms with van der Waals surface area (Å²) in [5.74, 6) is -0.528. The lowest BCUT2D eigenvalue weighted by Crippen LogP contribution is -2.19. The molecular formula is C25H30Br2F2. The van der Waals surface area contributed by atoms with Crippen LogP contribution in [0, 0.1) is 22.5 Å². The number of halogens is 4. The van der Waals surface area contributed by atoms with Crippen LogP contribution in [0.4, 0.5) is 8.78 Å². The molecule has 0 aliphatic carbocycles. The van der Waals surface area contributed by atoms with Crippen molar-refractivity contribution in [1.29, 1.82) is 0 Å². The van der Waals surface area contributed by atoms with E-state index < -0.39 is 0 Å². The van der Waals surface area contributed by atoms with Crippen molar-refractivity contribution in [2.45, 2.75) is 48.0 Å². The number of hydrogen-bond acceptors (Lipinski definition) is 0. The lowest BCUT2D eigenvalue weighted by Gasteiger charge is -2.31. The molecule has 158 valence electrons. The zero-order chi connectivity index (χ0) is 22.2. The Labute approximate surface area is 191 Å². The van der Waals surface area contributed by atoms with E-state index in [4.69, 9.17) is 0 Å². The van der Waals surface area contributed by atoms with E-state index in [1.54, 1.807) is 12.1 Å². The molecule has 0 spiro atoms. The van der Waals surface area contributed by atoms with Crippen molar-refractivity contribution >= 4 is 44.0 Å². The van der Waals surface area contributed by atoms with Gasteiger partial charge in [-0.1, -0.05) is 78.0 Å². The van der Waals surface area contributed by atoms with Crippen LogP contribution in [-0.2, 0) is 0 Å². The van der Waals surface area contributed by atoms with Crippen LogP contribution >= 0.6 is 31.9 Å². The van der Waals surface area contributed by atoms with Crippen LogP contribution in [0.15, 0.2) is 57.5 Å². The number of hydrogen-bond donors (Lipinski definition) is 0. The predicted octanol–water partition coefficient (Wildman–Crippen LogP) is 9.69. The van der Waals surface area contributed by atoms with Gasteiger partial charge in [0.25, 0.3) is 0 Å². The summed E-state index contributed by atoms with van der Waals surface area (Å²) in [5.41, 5.74) is 1.51. The average Bonchev–Trinajstić information content (AvgIpc) is 2.65. The monoisotopic (exact) mass is 526 g/mol. The average molecular weight is 528 g/mol. The second-order valence-electron chi connectivity index (χ2n) is 8.17. The van der Waals surface area contributed by atoms with Crippen LogP contribution in [-0.4, -0.2) is 0 Å². The van der Waals surface area contributed by atoms with Crippen molar-refractivity contribution in [2.75, 3.05) is 0 Å². The molecule has 0 unspecified atom stereocenters. The fraction of sp³-hybridized carbons (Fsp3) is 0.360. The van der Waals surface area contributed by atoms with Gasteiger partial charge >= 0.3 is 0 Å². The van der Waals surface area contributed by atoms with E-state index in [0.29, 0.717) is 8.95 Å². The molecule has 2 aromatic carbocycles. The number of benzene rings is 2. The van der Waals surface area contributed by atoms with Crippen LogP contribution in [0.2, 0.25) is 0 Å². The highest BCUT2D eigenvalue weighted by atomic mass is 79.9. The van der Waals surface area contributed by atoms with E-state index in [1.165, 1.54) is 12.1 Å². The molecule has 2 rings (SSSR count). The van der Waals surface area contributed by atoms with E-state index in [-0.39, 0.29) is 22.5 Å². The van der Waals surface area contributed by atoms with Gasteiger partial charge in [-0.3, -0.25) is 0 Å². The van der Waals surface area contributed by atoms with Gasteiger partial charge in [-0.25, -0.2) is 8.78 Å². The second-order valence-corrected chi connectivity index (χ2v) is 9.88. The molecule has 0 heterocycles. The van der Waals surface area contributed by atoms with E-state index >= 15 is 0 Å². The summed E-state index contributed by atoms with van der Waals surface area (Å²) in [6.07, 6.45) is 9.04. The third kappa shape index (κ3) is 8.96. The lowest BCUT2D eigenvalue weighted by molar-refractivity contribution is 0.298. The molecule has 0 saturated carbocycles. The molecule has 0 aliphatic heterocycles.